The highest BCUT2D eigenvalue weighted by Crippen LogP contribution is 2.21. The molecule has 0 aliphatic carbocycles. The summed E-state index contributed by atoms with van der Waals surface area (Å²) in [6.45, 7) is 10.5. The molecule has 0 aliphatic heterocycles. The van der Waals surface area contributed by atoms with E-state index in [0.29, 0.717) is 18.4 Å². The van der Waals surface area contributed by atoms with Crippen LogP contribution in [0, 0.1) is 5.92 Å². The maximum atomic E-state index is 10.3. The van der Waals surface area contributed by atoms with Crippen LogP contribution >= 0.6 is 0 Å². The van der Waals surface area contributed by atoms with Crippen molar-refractivity contribution in [1.82, 2.24) is 9.78 Å². The van der Waals surface area contributed by atoms with Gasteiger partial charge in [0, 0.05) is 18.7 Å². The lowest BCUT2D eigenvalue weighted by molar-refractivity contribution is 0.0377. The molecule has 0 spiro atoms. The van der Waals surface area contributed by atoms with E-state index in [1.165, 1.54) is 0 Å². The molecule has 3 nitrogen and oxygen atoms in total. The summed E-state index contributed by atoms with van der Waals surface area (Å²) in [5.74, 6) is 0.502. The molecular formula is C14H26N2O. The van der Waals surface area contributed by atoms with Gasteiger partial charge in [-0.25, -0.2) is 0 Å². The van der Waals surface area contributed by atoms with Crippen molar-refractivity contribution in [2.45, 2.75) is 65.5 Å². The monoisotopic (exact) mass is 238 g/mol. The van der Waals surface area contributed by atoms with Gasteiger partial charge in [0.1, 0.15) is 0 Å². The molecule has 0 saturated carbocycles. The maximum absolute atomic E-state index is 10.3. The Morgan fingerprint density at radius 1 is 1.41 bits per heavy atom. The van der Waals surface area contributed by atoms with Crippen LogP contribution in [0.15, 0.2) is 12.3 Å². The summed E-state index contributed by atoms with van der Waals surface area (Å²) in [7, 11) is 0. The standard InChI is InChI=1S/C14H26N2O/c1-6-12(4)16-8-7-13(15-16)10-14(5,17)9-11(2)3/h7-8,11-12,17H,6,9-10H2,1-5H3. The molecule has 0 aromatic carbocycles. The summed E-state index contributed by atoms with van der Waals surface area (Å²) in [5, 5.41) is 14.8. The molecule has 2 unspecified atom stereocenters. The summed E-state index contributed by atoms with van der Waals surface area (Å²) >= 11 is 0. The minimum atomic E-state index is -0.650. The van der Waals surface area contributed by atoms with Crippen molar-refractivity contribution in [2.75, 3.05) is 0 Å². The lowest BCUT2D eigenvalue weighted by atomic mass is 9.90. The predicted octanol–water partition coefficient (Wildman–Crippen LogP) is 3.19. The Morgan fingerprint density at radius 2 is 2.06 bits per heavy atom. The van der Waals surface area contributed by atoms with Gasteiger partial charge in [-0.3, -0.25) is 4.68 Å². The van der Waals surface area contributed by atoms with Crippen LogP contribution < -0.4 is 0 Å². The van der Waals surface area contributed by atoms with Gasteiger partial charge in [0.25, 0.3) is 0 Å². The van der Waals surface area contributed by atoms with Crippen molar-refractivity contribution in [2.24, 2.45) is 5.92 Å². The lowest BCUT2D eigenvalue weighted by Crippen LogP contribution is -2.29. The first-order valence-electron chi connectivity index (χ1n) is 6.60. The van der Waals surface area contributed by atoms with Crippen LogP contribution in [-0.4, -0.2) is 20.5 Å². The third-order valence-electron chi connectivity index (χ3n) is 3.12. The average Bonchev–Trinajstić information content (AvgIpc) is 2.61. The SMILES string of the molecule is CCC(C)n1ccc(CC(C)(O)CC(C)C)n1. The van der Waals surface area contributed by atoms with Crippen molar-refractivity contribution < 1.29 is 5.11 Å². The molecule has 0 aliphatic rings. The molecule has 17 heavy (non-hydrogen) atoms. The molecule has 1 N–H and O–H groups in total. The summed E-state index contributed by atoms with van der Waals surface area (Å²) in [5.41, 5.74) is 0.332. The minimum Gasteiger partial charge on any atom is -0.390 e. The Balaban J connectivity index is 2.65. The first-order chi connectivity index (χ1) is 7.84. The van der Waals surface area contributed by atoms with Crippen LogP contribution in [-0.2, 0) is 6.42 Å². The summed E-state index contributed by atoms with van der Waals surface area (Å²) < 4.78 is 1.99. The second-order valence-corrected chi connectivity index (χ2v) is 5.82. The van der Waals surface area contributed by atoms with Crippen molar-refractivity contribution in [1.29, 1.82) is 0 Å². The van der Waals surface area contributed by atoms with E-state index in [1.807, 2.05) is 23.9 Å². The third-order valence-corrected chi connectivity index (χ3v) is 3.12. The van der Waals surface area contributed by atoms with E-state index in [-0.39, 0.29) is 0 Å². The molecule has 0 bridgehead atoms. The summed E-state index contributed by atoms with van der Waals surface area (Å²) in [4.78, 5) is 0. The Morgan fingerprint density at radius 3 is 2.59 bits per heavy atom. The smallest absolute Gasteiger partial charge is 0.0678 e. The molecule has 98 valence electrons. The minimum absolute atomic E-state index is 0.429. The molecule has 0 fully saturated rings. The molecule has 0 amide bonds. The number of hydrogen-bond acceptors (Lipinski definition) is 2. The van der Waals surface area contributed by atoms with Gasteiger partial charge in [-0.2, -0.15) is 5.10 Å². The summed E-state index contributed by atoms with van der Waals surface area (Å²) in [6.07, 6.45) is 4.52. The van der Waals surface area contributed by atoms with Crippen molar-refractivity contribution in [3.8, 4) is 0 Å². The van der Waals surface area contributed by atoms with Gasteiger partial charge in [-0.15, -0.1) is 0 Å². The van der Waals surface area contributed by atoms with E-state index in [0.717, 1.165) is 18.5 Å². The third kappa shape index (κ3) is 4.50. The van der Waals surface area contributed by atoms with E-state index >= 15 is 0 Å². The Kier molecular flexibility index (Phi) is 4.75. The quantitative estimate of drug-likeness (QED) is 0.826. The molecule has 3 heteroatoms. The number of aromatic nitrogens is 2. The fourth-order valence-corrected chi connectivity index (χ4v) is 2.25. The largest absolute Gasteiger partial charge is 0.390 e. The molecule has 1 aromatic rings. The zero-order valence-corrected chi connectivity index (χ0v) is 11.8. The Bertz CT molecular complexity index is 342. The van der Waals surface area contributed by atoms with Gasteiger partial charge in [0.2, 0.25) is 0 Å². The topological polar surface area (TPSA) is 38.0 Å². The fourth-order valence-electron chi connectivity index (χ4n) is 2.25. The van der Waals surface area contributed by atoms with Crippen molar-refractivity contribution in [3.63, 3.8) is 0 Å². The van der Waals surface area contributed by atoms with Crippen LogP contribution in [0.5, 0.6) is 0 Å². The number of aliphatic hydroxyl groups is 1. The zero-order chi connectivity index (χ0) is 13.1. The van der Waals surface area contributed by atoms with Crippen LogP contribution in [0.1, 0.15) is 59.2 Å². The highest BCUT2D eigenvalue weighted by molar-refractivity contribution is 5.04. The Labute approximate surface area is 105 Å². The molecule has 2 atom stereocenters. The van der Waals surface area contributed by atoms with Crippen molar-refractivity contribution >= 4 is 0 Å². The van der Waals surface area contributed by atoms with Gasteiger partial charge in [-0.05, 0) is 38.7 Å². The van der Waals surface area contributed by atoms with E-state index in [9.17, 15) is 5.11 Å². The van der Waals surface area contributed by atoms with E-state index in [2.05, 4.69) is 32.8 Å². The van der Waals surface area contributed by atoms with Gasteiger partial charge in [0.15, 0.2) is 0 Å². The highest BCUT2D eigenvalue weighted by Gasteiger charge is 2.23. The maximum Gasteiger partial charge on any atom is 0.0678 e. The first-order valence-corrected chi connectivity index (χ1v) is 6.60. The van der Waals surface area contributed by atoms with Gasteiger partial charge in [0.05, 0.1) is 11.3 Å². The van der Waals surface area contributed by atoms with Gasteiger partial charge in [-0.1, -0.05) is 20.8 Å². The number of rotatable bonds is 6. The molecule has 0 saturated heterocycles. The average molecular weight is 238 g/mol. The van der Waals surface area contributed by atoms with Crippen molar-refractivity contribution in [3.05, 3.63) is 18.0 Å². The fraction of sp³-hybridized carbons (Fsp3) is 0.786. The number of nitrogens with zero attached hydrogens (tertiary/aromatic N) is 2. The zero-order valence-electron chi connectivity index (χ0n) is 11.8. The van der Waals surface area contributed by atoms with Crippen LogP contribution in [0.4, 0.5) is 0 Å². The molecule has 1 heterocycles. The predicted molar refractivity (Wildman–Crippen MR) is 71.0 cm³/mol. The summed E-state index contributed by atoms with van der Waals surface area (Å²) in [6, 6.07) is 2.44. The molecule has 1 aromatic heterocycles. The molecule has 1 rings (SSSR count). The van der Waals surface area contributed by atoms with Crippen LogP contribution in [0.3, 0.4) is 0 Å². The molecular weight excluding hydrogens is 212 g/mol. The lowest BCUT2D eigenvalue weighted by Gasteiger charge is -2.24. The van der Waals surface area contributed by atoms with Crippen LogP contribution in [0.25, 0.3) is 0 Å². The Hall–Kier alpha value is -0.830. The first kappa shape index (κ1) is 14.2. The van der Waals surface area contributed by atoms with Gasteiger partial charge >= 0.3 is 0 Å². The normalized spacial score (nSPS) is 17.1. The second kappa shape index (κ2) is 5.67. The van der Waals surface area contributed by atoms with Crippen LogP contribution in [0.2, 0.25) is 0 Å². The van der Waals surface area contributed by atoms with E-state index in [1.54, 1.807) is 0 Å². The second-order valence-electron chi connectivity index (χ2n) is 5.82. The van der Waals surface area contributed by atoms with E-state index < -0.39 is 5.60 Å². The molecule has 0 radical (unpaired) electrons. The number of hydrogen-bond donors (Lipinski definition) is 1. The van der Waals surface area contributed by atoms with E-state index in [4.69, 9.17) is 0 Å². The highest BCUT2D eigenvalue weighted by atomic mass is 16.3. The van der Waals surface area contributed by atoms with Gasteiger partial charge < -0.3 is 5.11 Å².